The first-order valence-corrected chi connectivity index (χ1v) is 10.2. The molecule has 27 heavy (non-hydrogen) atoms. The molecule has 2 aliphatic heterocycles. The molecule has 0 aliphatic carbocycles. The molecule has 0 aromatic heterocycles. The Morgan fingerprint density at radius 2 is 1.89 bits per heavy atom. The number of ether oxygens (including phenoxy) is 1. The van der Waals surface area contributed by atoms with Gasteiger partial charge in [0, 0.05) is 35.3 Å². The Balaban J connectivity index is 1.66. The van der Waals surface area contributed by atoms with Gasteiger partial charge in [-0.1, -0.05) is 26.8 Å². The standard InChI is InChI=1S/C21H31N3O2S/c1-21(2,3)19(25)22-15-11-16-8-6-9-17(12-15)24(16)20(27)23-14-7-5-10-18(13-14)26-4/h5,7,10,13,15-17H,6,8-9,11-12H2,1-4H3,(H,22,25)(H,23,27). The van der Waals surface area contributed by atoms with E-state index in [-0.39, 0.29) is 17.4 Å². The van der Waals surface area contributed by atoms with Gasteiger partial charge in [0.15, 0.2) is 5.11 Å². The predicted octanol–water partition coefficient (Wildman–Crippen LogP) is 3.94. The lowest BCUT2D eigenvalue weighted by atomic mass is 9.81. The lowest BCUT2D eigenvalue weighted by molar-refractivity contribution is -0.129. The topological polar surface area (TPSA) is 53.6 Å². The Bertz CT molecular complexity index is 687. The summed E-state index contributed by atoms with van der Waals surface area (Å²) < 4.78 is 5.30. The summed E-state index contributed by atoms with van der Waals surface area (Å²) in [6.07, 6.45) is 5.39. The Morgan fingerprint density at radius 1 is 1.22 bits per heavy atom. The molecule has 2 N–H and O–H groups in total. The number of rotatable bonds is 3. The number of hydrogen-bond acceptors (Lipinski definition) is 3. The lowest BCUT2D eigenvalue weighted by Gasteiger charge is -2.50. The van der Waals surface area contributed by atoms with Crippen molar-refractivity contribution in [2.75, 3.05) is 12.4 Å². The van der Waals surface area contributed by atoms with E-state index in [9.17, 15) is 4.79 Å². The van der Waals surface area contributed by atoms with Crippen molar-refractivity contribution in [3.05, 3.63) is 24.3 Å². The molecule has 148 valence electrons. The zero-order valence-electron chi connectivity index (χ0n) is 16.7. The van der Waals surface area contributed by atoms with E-state index in [0.29, 0.717) is 12.1 Å². The predicted molar refractivity (Wildman–Crippen MR) is 113 cm³/mol. The number of amides is 1. The highest BCUT2D eigenvalue weighted by atomic mass is 32.1. The minimum atomic E-state index is -0.352. The monoisotopic (exact) mass is 389 g/mol. The van der Waals surface area contributed by atoms with E-state index in [1.165, 1.54) is 6.42 Å². The summed E-state index contributed by atoms with van der Waals surface area (Å²) in [5, 5.41) is 7.43. The third-order valence-corrected chi connectivity index (χ3v) is 5.86. The van der Waals surface area contributed by atoms with E-state index in [2.05, 4.69) is 15.5 Å². The van der Waals surface area contributed by atoms with Gasteiger partial charge in [0.1, 0.15) is 5.75 Å². The Hall–Kier alpha value is -1.82. The number of carbonyl (C=O) groups is 1. The number of methoxy groups -OCH3 is 1. The van der Waals surface area contributed by atoms with Gasteiger partial charge in [-0.05, 0) is 56.5 Å². The number of hydrogen-bond donors (Lipinski definition) is 2. The van der Waals surface area contributed by atoms with Crippen molar-refractivity contribution in [1.82, 2.24) is 10.2 Å². The molecule has 2 atom stereocenters. The molecule has 2 fully saturated rings. The summed E-state index contributed by atoms with van der Waals surface area (Å²) in [6.45, 7) is 5.89. The van der Waals surface area contributed by atoms with Crippen LogP contribution in [0.2, 0.25) is 0 Å². The number of anilines is 1. The van der Waals surface area contributed by atoms with Crippen molar-refractivity contribution in [2.45, 2.75) is 71.0 Å². The van der Waals surface area contributed by atoms with Crippen molar-refractivity contribution in [1.29, 1.82) is 0 Å². The normalized spacial score (nSPS) is 24.9. The van der Waals surface area contributed by atoms with Crippen molar-refractivity contribution >= 4 is 28.9 Å². The first kappa shape index (κ1) is 19.9. The van der Waals surface area contributed by atoms with Crippen LogP contribution in [0.15, 0.2) is 24.3 Å². The number of piperidine rings is 2. The summed E-state index contributed by atoms with van der Waals surface area (Å²) in [6, 6.07) is 8.84. The second-order valence-electron chi connectivity index (χ2n) is 8.70. The number of nitrogens with zero attached hydrogens (tertiary/aromatic N) is 1. The second kappa shape index (κ2) is 8.05. The number of carbonyl (C=O) groups excluding carboxylic acids is 1. The van der Waals surface area contributed by atoms with Crippen LogP contribution in [0.4, 0.5) is 5.69 Å². The number of benzene rings is 1. The molecular weight excluding hydrogens is 358 g/mol. The molecular formula is C21H31N3O2S. The van der Waals surface area contributed by atoms with E-state index in [1.807, 2.05) is 45.0 Å². The van der Waals surface area contributed by atoms with Crippen LogP contribution >= 0.6 is 12.2 Å². The summed E-state index contributed by atoms with van der Waals surface area (Å²) in [5.41, 5.74) is 0.593. The van der Waals surface area contributed by atoms with Crippen LogP contribution in [0.5, 0.6) is 5.75 Å². The molecule has 0 spiro atoms. The fourth-order valence-corrected chi connectivity index (χ4v) is 4.54. The Kier molecular flexibility index (Phi) is 5.94. The van der Waals surface area contributed by atoms with Crippen LogP contribution in [0, 0.1) is 5.41 Å². The van der Waals surface area contributed by atoms with Crippen molar-refractivity contribution in [3.8, 4) is 5.75 Å². The largest absolute Gasteiger partial charge is 0.497 e. The minimum absolute atomic E-state index is 0.135. The average molecular weight is 390 g/mol. The molecule has 0 radical (unpaired) electrons. The van der Waals surface area contributed by atoms with E-state index >= 15 is 0 Å². The molecule has 2 saturated heterocycles. The molecule has 2 heterocycles. The maximum Gasteiger partial charge on any atom is 0.225 e. The van der Waals surface area contributed by atoms with Gasteiger partial charge in [-0.3, -0.25) is 4.79 Å². The summed E-state index contributed by atoms with van der Waals surface area (Å²) in [7, 11) is 1.67. The number of fused-ring (bicyclic) bond motifs is 2. The van der Waals surface area contributed by atoms with Gasteiger partial charge in [-0.2, -0.15) is 0 Å². The first-order valence-electron chi connectivity index (χ1n) is 9.82. The molecule has 6 heteroatoms. The van der Waals surface area contributed by atoms with E-state index in [1.54, 1.807) is 7.11 Å². The molecule has 3 rings (SSSR count). The van der Waals surface area contributed by atoms with Gasteiger partial charge in [0.05, 0.1) is 7.11 Å². The smallest absolute Gasteiger partial charge is 0.225 e. The molecule has 2 bridgehead atoms. The Morgan fingerprint density at radius 3 is 2.48 bits per heavy atom. The van der Waals surface area contributed by atoms with Crippen molar-refractivity contribution in [3.63, 3.8) is 0 Å². The third kappa shape index (κ3) is 4.72. The van der Waals surface area contributed by atoms with E-state index < -0.39 is 0 Å². The zero-order valence-corrected chi connectivity index (χ0v) is 17.6. The van der Waals surface area contributed by atoms with Gasteiger partial charge in [-0.25, -0.2) is 0 Å². The third-order valence-electron chi connectivity index (χ3n) is 5.55. The summed E-state index contributed by atoms with van der Waals surface area (Å²) in [4.78, 5) is 14.8. The minimum Gasteiger partial charge on any atom is -0.497 e. The molecule has 0 saturated carbocycles. The SMILES string of the molecule is COc1cccc(NC(=S)N2C3CCCC2CC(NC(=O)C(C)(C)C)C3)c1. The maximum atomic E-state index is 12.4. The van der Waals surface area contributed by atoms with Crippen LogP contribution < -0.4 is 15.4 Å². The van der Waals surface area contributed by atoms with Crippen molar-refractivity contribution in [2.24, 2.45) is 5.41 Å². The van der Waals surface area contributed by atoms with Crippen molar-refractivity contribution < 1.29 is 9.53 Å². The van der Waals surface area contributed by atoms with Crippen LogP contribution in [0.25, 0.3) is 0 Å². The molecule has 2 unspecified atom stereocenters. The van der Waals surface area contributed by atoms with Gasteiger partial charge in [-0.15, -0.1) is 0 Å². The molecule has 2 aliphatic rings. The molecule has 1 aromatic rings. The maximum absolute atomic E-state index is 12.4. The molecule has 1 aromatic carbocycles. The summed E-state index contributed by atoms with van der Waals surface area (Å²) >= 11 is 5.76. The zero-order chi connectivity index (χ0) is 19.6. The fraction of sp³-hybridized carbons (Fsp3) is 0.619. The Labute approximate surface area is 167 Å². The van der Waals surface area contributed by atoms with Crippen LogP contribution in [0.3, 0.4) is 0 Å². The van der Waals surface area contributed by atoms with E-state index in [4.69, 9.17) is 17.0 Å². The quantitative estimate of drug-likeness (QED) is 0.767. The molecule has 5 nitrogen and oxygen atoms in total. The fourth-order valence-electron chi connectivity index (χ4n) is 4.12. The van der Waals surface area contributed by atoms with Crippen LogP contribution in [-0.4, -0.2) is 41.2 Å². The van der Waals surface area contributed by atoms with Gasteiger partial charge >= 0.3 is 0 Å². The van der Waals surface area contributed by atoms with Crippen LogP contribution in [-0.2, 0) is 4.79 Å². The highest BCUT2D eigenvalue weighted by Gasteiger charge is 2.40. The van der Waals surface area contributed by atoms with Gasteiger partial charge < -0.3 is 20.3 Å². The average Bonchev–Trinajstić information content (AvgIpc) is 2.60. The second-order valence-corrected chi connectivity index (χ2v) is 9.09. The summed E-state index contributed by atoms with van der Waals surface area (Å²) in [5.74, 6) is 0.947. The van der Waals surface area contributed by atoms with Gasteiger partial charge in [0.25, 0.3) is 0 Å². The highest BCUT2D eigenvalue weighted by molar-refractivity contribution is 7.80. The lowest BCUT2D eigenvalue weighted by Crippen LogP contribution is -2.60. The van der Waals surface area contributed by atoms with E-state index in [0.717, 1.165) is 42.2 Å². The molecule has 1 amide bonds. The first-order chi connectivity index (χ1) is 12.8. The van der Waals surface area contributed by atoms with Gasteiger partial charge in [0.2, 0.25) is 5.91 Å². The number of thiocarbonyl (C=S) groups is 1. The highest BCUT2D eigenvalue weighted by Crippen LogP contribution is 2.35. The van der Waals surface area contributed by atoms with Crippen LogP contribution in [0.1, 0.15) is 52.9 Å². The number of nitrogens with one attached hydrogen (secondary N) is 2.